The van der Waals surface area contributed by atoms with Crippen LogP contribution in [-0.4, -0.2) is 0 Å². The Labute approximate surface area is 107 Å². The standard InChI is InChI=1S/C14H19ClF2/c1-3-5-10(6-4-2)14(15)11-7-8-12(16)13(17)9-11/h7-10,14H,3-6H2,1-2H3. The smallest absolute Gasteiger partial charge is 0.159 e. The topological polar surface area (TPSA) is 0 Å². The highest BCUT2D eigenvalue weighted by atomic mass is 35.5. The highest BCUT2D eigenvalue weighted by Gasteiger charge is 2.20. The summed E-state index contributed by atoms with van der Waals surface area (Å²) in [6.45, 7) is 4.22. The van der Waals surface area contributed by atoms with Crippen LogP contribution in [0, 0.1) is 17.6 Å². The van der Waals surface area contributed by atoms with Crippen molar-refractivity contribution in [2.45, 2.75) is 44.9 Å². The maximum Gasteiger partial charge on any atom is 0.159 e. The summed E-state index contributed by atoms with van der Waals surface area (Å²) < 4.78 is 26.0. The van der Waals surface area contributed by atoms with Crippen molar-refractivity contribution in [1.29, 1.82) is 0 Å². The zero-order chi connectivity index (χ0) is 12.8. The van der Waals surface area contributed by atoms with Gasteiger partial charge in [-0.2, -0.15) is 0 Å². The van der Waals surface area contributed by atoms with Gasteiger partial charge in [0, 0.05) is 0 Å². The average molecular weight is 261 g/mol. The lowest BCUT2D eigenvalue weighted by Crippen LogP contribution is -2.08. The summed E-state index contributed by atoms with van der Waals surface area (Å²) in [5, 5.41) is -0.231. The van der Waals surface area contributed by atoms with Crippen LogP contribution in [0.5, 0.6) is 0 Å². The summed E-state index contributed by atoms with van der Waals surface area (Å²) in [5.74, 6) is -1.31. The predicted molar refractivity (Wildman–Crippen MR) is 68.3 cm³/mol. The second-order valence-electron chi connectivity index (χ2n) is 4.41. The molecule has 1 aromatic rings. The third-order valence-corrected chi connectivity index (χ3v) is 3.60. The summed E-state index contributed by atoms with van der Waals surface area (Å²) in [7, 11) is 0. The van der Waals surface area contributed by atoms with Crippen LogP contribution in [0.25, 0.3) is 0 Å². The Morgan fingerprint density at radius 1 is 1.06 bits per heavy atom. The number of alkyl halides is 1. The Morgan fingerprint density at radius 3 is 2.12 bits per heavy atom. The van der Waals surface area contributed by atoms with Gasteiger partial charge in [0.05, 0.1) is 5.38 Å². The van der Waals surface area contributed by atoms with Crippen LogP contribution in [0.3, 0.4) is 0 Å². The van der Waals surface area contributed by atoms with E-state index in [-0.39, 0.29) is 5.38 Å². The normalized spacial score (nSPS) is 13.1. The zero-order valence-corrected chi connectivity index (χ0v) is 11.1. The summed E-state index contributed by atoms with van der Waals surface area (Å²) in [4.78, 5) is 0. The van der Waals surface area contributed by atoms with Gasteiger partial charge >= 0.3 is 0 Å². The van der Waals surface area contributed by atoms with Crippen LogP contribution in [0.1, 0.15) is 50.5 Å². The molecule has 3 heteroatoms. The molecule has 1 atom stereocenters. The van der Waals surface area contributed by atoms with Crippen LogP contribution in [0.2, 0.25) is 0 Å². The molecule has 1 unspecified atom stereocenters. The molecule has 0 nitrogen and oxygen atoms in total. The highest BCUT2D eigenvalue weighted by Crippen LogP contribution is 2.35. The molecule has 0 aliphatic heterocycles. The molecule has 17 heavy (non-hydrogen) atoms. The summed E-state index contributed by atoms with van der Waals surface area (Å²) >= 11 is 6.36. The van der Waals surface area contributed by atoms with E-state index in [2.05, 4.69) is 13.8 Å². The molecule has 0 amide bonds. The van der Waals surface area contributed by atoms with Crippen molar-refractivity contribution in [2.24, 2.45) is 5.92 Å². The van der Waals surface area contributed by atoms with Gasteiger partial charge in [-0.15, -0.1) is 11.6 Å². The molecule has 1 rings (SSSR count). The van der Waals surface area contributed by atoms with Crippen molar-refractivity contribution in [2.75, 3.05) is 0 Å². The first-order chi connectivity index (χ1) is 8.10. The molecule has 0 saturated carbocycles. The Balaban J connectivity index is 2.84. The van der Waals surface area contributed by atoms with Gasteiger partial charge in [0.15, 0.2) is 11.6 Å². The third kappa shape index (κ3) is 3.95. The van der Waals surface area contributed by atoms with Crippen molar-refractivity contribution >= 4 is 11.6 Å². The van der Waals surface area contributed by atoms with Crippen LogP contribution in [-0.2, 0) is 0 Å². The van der Waals surface area contributed by atoms with E-state index in [1.807, 2.05) is 0 Å². The predicted octanol–water partition coefficient (Wildman–Crippen LogP) is 5.46. The van der Waals surface area contributed by atoms with Crippen molar-refractivity contribution in [3.63, 3.8) is 0 Å². The molecular formula is C14H19ClF2. The number of rotatable bonds is 6. The van der Waals surface area contributed by atoms with Crippen LogP contribution >= 0.6 is 11.6 Å². The van der Waals surface area contributed by atoms with Crippen molar-refractivity contribution in [3.8, 4) is 0 Å². The monoisotopic (exact) mass is 260 g/mol. The molecule has 0 heterocycles. The van der Waals surface area contributed by atoms with E-state index in [9.17, 15) is 8.78 Å². The van der Waals surface area contributed by atoms with Crippen molar-refractivity contribution in [1.82, 2.24) is 0 Å². The van der Waals surface area contributed by atoms with Crippen molar-refractivity contribution in [3.05, 3.63) is 35.4 Å². The fourth-order valence-electron chi connectivity index (χ4n) is 2.13. The lowest BCUT2D eigenvalue weighted by Gasteiger charge is -2.21. The molecule has 0 fully saturated rings. The molecule has 96 valence electrons. The Morgan fingerprint density at radius 2 is 1.65 bits per heavy atom. The molecule has 0 aliphatic carbocycles. The van der Waals surface area contributed by atoms with Crippen molar-refractivity contribution < 1.29 is 8.78 Å². The Hall–Kier alpha value is -0.630. The minimum Gasteiger partial charge on any atom is -0.204 e. The minimum absolute atomic E-state index is 0.231. The molecule has 0 bridgehead atoms. The maximum absolute atomic E-state index is 13.1. The summed E-state index contributed by atoms with van der Waals surface area (Å²) in [6, 6.07) is 3.94. The second kappa shape index (κ2) is 6.95. The Kier molecular flexibility index (Phi) is 5.90. The molecule has 0 radical (unpaired) electrons. The van der Waals surface area contributed by atoms with Gasteiger partial charge in [0.2, 0.25) is 0 Å². The molecule has 0 spiro atoms. The number of halogens is 3. The quantitative estimate of drug-likeness (QED) is 0.596. The molecule has 0 aromatic heterocycles. The maximum atomic E-state index is 13.1. The van der Waals surface area contributed by atoms with E-state index in [0.717, 1.165) is 31.7 Å². The summed E-state index contributed by atoms with van der Waals surface area (Å²) in [5.41, 5.74) is 0.678. The SMILES string of the molecule is CCCC(CCC)C(Cl)c1ccc(F)c(F)c1. The Bertz CT molecular complexity index is 346. The third-order valence-electron chi connectivity index (χ3n) is 2.99. The number of hydrogen-bond acceptors (Lipinski definition) is 0. The second-order valence-corrected chi connectivity index (χ2v) is 4.88. The first-order valence-electron chi connectivity index (χ1n) is 6.19. The average Bonchev–Trinajstić information content (AvgIpc) is 2.31. The number of benzene rings is 1. The van der Waals surface area contributed by atoms with E-state index in [0.29, 0.717) is 11.5 Å². The van der Waals surface area contributed by atoms with Gasteiger partial charge in [0.25, 0.3) is 0 Å². The first-order valence-corrected chi connectivity index (χ1v) is 6.62. The van der Waals surface area contributed by atoms with E-state index < -0.39 is 11.6 Å². The number of hydrogen-bond donors (Lipinski definition) is 0. The van der Waals surface area contributed by atoms with Crippen LogP contribution < -0.4 is 0 Å². The lowest BCUT2D eigenvalue weighted by atomic mass is 9.90. The van der Waals surface area contributed by atoms with Gasteiger partial charge in [0.1, 0.15) is 0 Å². The fourth-order valence-corrected chi connectivity index (χ4v) is 2.52. The minimum atomic E-state index is -0.820. The van der Waals surface area contributed by atoms with E-state index in [1.54, 1.807) is 6.07 Å². The fraction of sp³-hybridized carbons (Fsp3) is 0.571. The lowest BCUT2D eigenvalue weighted by molar-refractivity contribution is 0.423. The summed E-state index contributed by atoms with van der Waals surface area (Å²) in [6.07, 6.45) is 4.14. The largest absolute Gasteiger partial charge is 0.204 e. The van der Waals surface area contributed by atoms with Gasteiger partial charge in [-0.25, -0.2) is 8.78 Å². The van der Waals surface area contributed by atoms with Gasteiger partial charge in [-0.3, -0.25) is 0 Å². The van der Waals surface area contributed by atoms with E-state index in [1.165, 1.54) is 6.07 Å². The zero-order valence-electron chi connectivity index (χ0n) is 10.3. The highest BCUT2D eigenvalue weighted by molar-refractivity contribution is 6.21. The van der Waals surface area contributed by atoms with Crippen LogP contribution in [0.4, 0.5) is 8.78 Å². The molecule has 0 aliphatic rings. The van der Waals surface area contributed by atoms with E-state index >= 15 is 0 Å². The molecular weight excluding hydrogens is 242 g/mol. The van der Waals surface area contributed by atoms with Gasteiger partial charge < -0.3 is 0 Å². The van der Waals surface area contributed by atoms with Gasteiger partial charge in [-0.1, -0.05) is 32.8 Å². The first kappa shape index (κ1) is 14.4. The van der Waals surface area contributed by atoms with Crippen LogP contribution in [0.15, 0.2) is 18.2 Å². The van der Waals surface area contributed by atoms with E-state index in [4.69, 9.17) is 11.6 Å². The molecule has 0 saturated heterocycles. The van der Waals surface area contributed by atoms with Gasteiger partial charge in [-0.05, 0) is 36.5 Å². The molecule has 0 N–H and O–H groups in total. The molecule has 1 aromatic carbocycles.